The lowest BCUT2D eigenvalue weighted by atomic mass is 10.1. The van der Waals surface area contributed by atoms with Crippen LogP contribution in [0.2, 0.25) is 0 Å². The quantitative estimate of drug-likeness (QED) is 0.300. The minimum atomic E-state index is -0.436. The summed E-state index contributed by atoms with van der Waals surface area (Å²) in [4.78, 5) is 28.9. The molecule has 1 fully saturated rings. The predicted octanol–water partition coefficient (Wildman–Crippen LogP) is 6.15. The average molecular weight is 515 g/mol. The Morgan fingerprint density at radius 2 is 1.72 bits per heavy atom. The molecule has 8 heteroatoms. The first-order valence-electron chi connectivity index (χ1n) is 11.8. The molecule has 5 rings (SSSR count). The fraction of sp³-hybridized carbons (Fsp3) is 0.214. The number of rotatable bonds is 7. The molecule has 0 saturated carbocycles. The smallest absolute Gasteiger partial charge is 0.244 e. The maximum Gasteiger partial charge on any atom is 0.244 e. The number of aromatic nitrogens is 2. The van der Waals surface area contributed by atoms with Gasteiger partial charge in [0.25, 0.3) is 0 Å². The van der Waals surface area contributed by atoms with Crippen molar-refractivity contribution >= 4 is 45.7 Å². The number of hydrogen-bond donors (Lipinski definition) is 1. The first-order chi connectivity index (χ1) is 17.5. The van der Waals surface area contributed by atoms with Crippen molar-refractivity contribution in [3.8, 4) is 0 Å². The third-order valence-corrected chi connectivity index (χ3v) is 8.55. The van der Waals surface area contributed by atoms with Gasteiger partial charge >= 0.3 is 0 Å². The summed E-state index contributed by atoms with van der Waals surface area (Å²) in [6, 6.07) is 25.7. The summed E-state index contributed by atoms with van der Waals surface area (Å²) in [6.07, 6.45) is 0.381. The second-order valence-electron chi connectivity index (χ2n) is 8.83. The molecule has 1 aliphatic rings. The summed E-state index contributed by atoms with van der Waals surface area (Å²) >= 11 is 2.83. The average Bonchev–Trinajstić information content (AvgIpc) is 3.52. The molecular formula is C28H26N4O2S2. The van der Waals surface area contributed by atoms with Gasteiger partial charge in [0.15, 0.2) is 0 Å². The number of carbonyl (C=O) groups is 2. The van der Waals surface area contributed by atoms with Gasteiger partial charge in [-0.3, -0.25) is 14.9 Å². The normalized spacial score (nSPS) is 16.2. The zero-order valence-corrected chi connectivity index (χ0v) is 21.7. The number of aryl methyl sites for hydroxylation is 2. The zero-order chi connectivity index (χ0) is 25.1. The van der Waals surface area contributed by atoms with E-state index in [2.05, 4.69) is 35.4 Å². The molecule has 1 saturated heterocycles. The van der Waals surface area contributed by atoms with Crippen molar-refractivity contribution in [2.24, 2.45) is 0 Å². The Morgan fingerprint density at radius 3 is 2.44 bits per heavy atom. The number of anilines is 2. The van der Waals surface area contributed by atoms with Crippen molar-refractivity contribution in [1.29, 1.82) is 0 Å². The number of benzene rings is 3. The first kappa shape index (κ1) is 24.2. The molecule has 2 amide bonds. The van der Waals surface area contributed by atoms with E-state index >= 15 is 0 Å². The number of thioether (sulfide) groups is 1. The van der Waals surface area contributed by atoms with Gasteiger partial charge in [0.2, 0.25) is 16.9 Å². The van der Waals surface area contributed by atoms with E-state index < -0.39 is 5.25 Å². The highest BCUT2D eigenvalue weighted by molar-refractivity contribution is 8.00. The summed E-state index contributed by atoms with van der Waals surface area (Å²) < 4.78 is 0. The molecule has 2 unspecified atom stereocenters. The van der Waals surface area contributed by atoms with E-state index in [1.807, 2.05) is 77.7 Å². The van der Waals surface area contributed by atoms with Gasteiger partial charge < -0.3 is 4.90 Å². The highest BCUT2D eigenvalue weighted by Gasteiger charge is 2.34. The van der Waals surface area contributed by atoms with Crippen LogP contribution in [0.15, 0.2) is 83.8 Å². The van der Waals surface area contributed by atoms with Crippen molar-refractivity contribution in [2.45, 2.75) is 36.3 Å². The molecule has 1 aromatic heterocycles. The standard InChI is InChI=1S/C28H26N4O2S2/c1-18-13-14-22(15-19(18)2)32-17-21(16-24(32)33)27-30-31-28(36-27)29-26(34)25(20-9-5-3-6-10-20)35-23-11-7-4-8-12-23/h3-15,21,25H,16-17H2,1-2H3,(H,29,31,34). The minimum Gasteiger partial charge on any atom is -0.312 e. The Hall–Kier alpha value is -3.49. The van der Waals surface area contributed by atoms with Crippen LogP contribution >= 0.6 is 23.1 Å². The molecule has 0 spiro atoms. The third kappa shape index (κ3) is 5.34. The molecule has 1 N–H and O–H groups in total. The van der Waals surface area contributed by atoms with Crippen LogP contribution in [0.3, 0.4) is 0 Å². The highest BCUT2D eigenvalue weighted by atomic mass is 32.2. The molecule has 0 radical (unpaired) electrons. The van der Waals surface area contributed by atoms with Gasteiger partial charge in [-0.2, -0.15) is 0 Å². The topological polar surface area (TPSA) is 75.2 Å². The molecule has 2 heterocycles. The van der Waals surface area contributed by atoms with E-state index in [9.17, 15) is 9.59 Å². The van der Waals surface area contributed by atoms with E-state index in [1.54, 1.807) is 0 Å². The maximum atomic E-state index is 13.3. The SMILES string of the molecule is Cc1ccc(N2CC(c3nnc(NC(=O)C(Sc4ccccc4)c4ccccc4)s3)CC2=O)cc1C. The predicted molar refractivity (Wildman–Crippen MR) is 146 cm³/mol. The van der Waals surface area contributed by atoms with Gasteiger partial charge in [-0.15, -0.1) is 22.0 Å². The van der Waals surface area contributed by atoms with E-state index in [0.29, 0.717) is 18.1 Å². The zero-order valence-electron chi connectivity index (χ0n) is 20.0. The van der Waals surface area contributed by atoms with Crippen molar-refractivity contribution in [1.82, 2.24) is 10.2 Å². The highest BCUT2D eigenvalue weighted by Crippen LogP contribution is 2.38. The van der Waals surface area contributed by atoms with E-state index in [-0.39, 0.29) is 17.7 Å². The monoisotopic (exact) mass is 514 g/mol. The molecule has 4 aromatic rings. The second kappa shape index (κ2) is 10.6. The molecule has 0 aliphatic carbocycles. The number of hydrogen-bond acceptors (Lipinski definition) is 6. The van der Waals surface area contributed by atoms with Crippen LogP contribution in [-0.2, 0) is 9.59 Å². The van der Waals surface area contributed by atoms with Crippen molar-refractivity contribution < 1.29 is 9.59 Å². The Balaban J connectivity index is 1.30. The Bertz CT molecular complexity index is 1370. The number of carbonyl (C=O) groups excluding carboxylic acids is 2. The van der Waals surface area contributed by atoms with Crippen molar-refractivity contribution in [3.63, 3.8) is 0 Å². The Labute approximate surface area is 218 Å². The van der Waals surface area contributed by atoms with Gasteiger partial charge in [-0.1, -0.05) is 65.9 Å². The fourth-order valence-corrected chi connectivity index (χ4v) is 6.06. The van der Waals surface area contributed by atoms with Crippen LogP contribution in [0.25, 0.3) is 0 Å². The van der Waals surface area contributed by atoms with Gasteiger partial charge in [0, 0.05) is 29.5 Å². The van der Waals surface area contributed by atoms with Crippen LogP contribution in [0.1, 0.15) is 39.3 Å². The molecule has 3 aromatic carbocycles. The fourth-order valence-electron chi connectivity index (χ4n) is 4.17. The minimum absolute atomic E-state index is 0.0501. The first-order valence-corrected chi connectivity index (χ1v) is 13.5. The summed E-state index contributed by atoms with van der Waals surface area (Å²) in [5.41, 5.74) is 4.18. The molecule has 2 atom stereocenters. The van der Waals surface area contributed by atoms with Gasteiger partial charge in [0.1, 0.15) is 10.3 Å². The third-order valence-electron chi connectivity index (χ3n) is 6.28. The number of nitrogens with zero attached hydrogens (tertiary/aromatic N) is 3. The van der Waals surface area contributed by atoms with E-state index in [4.69, 9.17) is 0 Å². The van der Waals surface area contributed by atoms with Crippen LogP contribution in [0.5, 0.6) is 0 Å². The summed E-state index contributed by atoms with van der Waals surface area (Å²) in [5.74, 6) is -0.129. The van der Waals surface area contributed by atoms with Crippen molar-refractivity contribution in [3.05, 3.63) is 101 Å². The van der Waals surface area contributed by atoms with Crippen LogP contribution < -0.4 is 10.2 Å². The number of nitrogens with one attached hydrogen (secondary N) is 1. The molecule has 0 bridgehead atoms. The van der Waals surface area contributed by atoms with E-state index in [0.717, 1.165) is 26.7 Å². The molecule has 1 aliphatic heterocycles. The van der Waals surface area contributed by atoms with Gasteiger partial charge in [-0.05, 0) is 54.8 Å². The van der Waals surface area contributed by atoms with E-state index in [1.165, 1.54) is 28.7 Å². The molecule has 36 heavy (non-hydrogen) atoms. The summed E-state index contributed by atoms with van der Waals surface area (Å²) in [7, 11) is 0. The molecule has 182 valence electrons. The van der Waals surface area contributed by atoms with Gasteiger partial charge in [0.05, 0.1) is 0 Å². The second-order valence-corrected chi connectivity index (χ2v) is 11.0. The van der Waals surface area contributed by atoms with Crippen LogP contribution in [-0.4, -0.2) is 28.6 Å². The Kier molecular flexibility index (Phi) is 7.16. The lowest BCUT2D eigenvalue weighted by Gasteiger charge is -2.17. The van der Waals surface area contributed by atoms with Crippen LogP contribution in [0, 0.1) is 13.8 Å². The molecular weight excluding hydrogens is 488 g/mol. The number of amides is 2. The largest absolute Gasteiger partial charge is 0.312 e. The lowest BCUT2D eigenvalue weighted by molar-refractivity contribution is -0.117. The van der Waals surface area contributed by atoms with Crippen LogP contribution in [0.4, 0.5) is 10.8 Å². The Morgan fingerprint density at radius 1 is 1.00 bits per heavy atom. The summed E-state index contributed by atoms with van der Waals surface area (Å²) in [6.45, 7) is 4.67. The summed E-state index contributed by atoms with van der Waals surface area (Å²) in [5, 5.41) is 12.3. The maximum absolute atomic E-state index is 13.3. The van der Waals surface area contributed by atoms with Crippen molar-refractivity contribution in [2.75, 3.05) is 16.8 Å². The lowest BCUT2D eigenvalue weighted by Crippen LogP contribution is -2.24. The molecule has 6 nitrogen and oxygen atoms in total. The van der Waals surface area contributed by atoms with Gasteiger partial charge in [-0.25, -0.2) is 0 Å².